The van der Waals surface area contributed by atoms with E-state index in [4.69, 9.17) is 5.53 Å². The molecule has 0 aliphatic heterocycles. The molecular weight excluding hydrogens is 128 g/mol. The molecule has 0 aromatic carbocycles. The number of rotatable bonds is 1. The van der Waals surface area contributed by atoms with Crippen molar-refractivity contribution in [2.24, 2.45) is 12.2 Å². The normalized spacial score (nSPS) is 8.50. The van der Waals surface area contributed by atoms with Gasteiger partial charge in [-0.05, 0) is 22.8 Å². The third-order valence-corrected chi connectivity index (χ3v) is 1.17. The van der Waals surface area contributed by atoms with Crippen LogP contribution in [-0.2, 0) is 7.05 Å². The lowest BCUT2D eigenvalue weighted by Crippen LogP contribution is -2.26. The predicted molar refractivity (Wildman–Crippen MR) is 36.4 cm³/mol. The van der Waals surface area contributed by atoms with Gasteiger partial charge in [0.15, 0.2) is 5.82 Å². The molecule has 0 N–H and O–H groups in total. The zero-order valence-electron chi connectivity index (χ0n) is 5.60. The number of hydrogen-bond donors (Lipinski definition) is 0. The molecule has 0 amide bonds. The SMILES string of the molecule is C[n+]1ccccc1N=[N+]=[N-]. The van der Waals surface area contributed by atoms with Crippen LogP contribution in [0, 0.1) is 0 Å². The lowest BCUT2D eigenvalue weighted by Gasteiger charge is -1.93. The van der Waals surface area contributed by atoms with Gasteiger partial charge in [0, 0.05) is 4.91 Å². The second-order valence-electron chi connectivity index (χ2n) is 1.86. The van der Waals surface area contributed by atoms with Crippen LogP contribution in [0.15, 0.2) is 29.5 Å². The van der Waals surface area contributed by atoms with Gasteiger partial charge in [-0.2, -0.15) is 0 Å². The molecule has 50 valence electrons. The number of nitrogens with zero attached hydrogens (tertiary/aromatic N) is 4. The summed E-state index contributed by atoms with van der Waals surface area (Å²) in [5.74, 6) is 0.616. The van der Waals surface area contributed by atoms with Crippen molar-refractivity contribution in [3.05, 3.63) is 34.8 Å². The van der Waals surface area contributed by atoms with Crippen molar-refractivity contribution in [3.63, 3.8) is 0 Å². The summed E-state index contributed by atoms with van der Waals surface area (Å²) in [6, 6.07) is 5.44. The third kappa shape index (κ3) is 1.24. The van der Waals surface area contributed by atoms with Gasteiger partial charge in [-0.1, -0.05) is 6.07 Å². The smallest absolute Gasteiger partial charge is 0.187 e. The first kappa shape index (κ1) is 6.58. The van der Waals surface area contributed by atoms with Crippen LogP contribution in [0.3, 0.4) is 0 Å². The van der Waals surface area contributed by atoms with Crippen molar-refractivity contribution < 1.29 is 4.57 Å². The molecule has 1 rings (SSSR count). The van der Waals surface area contributed by atoms with E-state index in [0.717, 1.165) is 0 Å². The summed E-state index contributed by atoms with van der Waals surface area (Å²) in [4.78, 5) is 2.67. The van der Waals surface area contributed by atoms with Crippen LogP contribution in [0.4, 0.5) is 5.82 Å². The number of pyridine rings is 1. The Bertz CT molecular complexity index is 275. The summed E-state index contributed by atoms with van der Waals surface area (Å²) in [5.41, 5.74) is 8.09. The van der Waals surface area contributed by atoms with E-state index in [1.165, 1.54) is 0 Å². The highest BCUT2D eigenvalue weighted by molar-refractivity contribution is 5.17. The molecule has 0 bridgehead atoms. The maximum absolute atomic E-state index is 8.09. The monoisotopic (exact) mass is 135 g/mol. The predicted octanol–water partition coefficient (Wildman–Crippen LogP) is 1.45. The van der Waals surface area contributed by atoms with Gasteiger partial charge in [-0.15, -0.1) is 0 Å². The van der Waals surface area contributed by atoms with Gasteiger partial charge >= 0.3 is 0 Å². The third-order valence-electron chi connectivity index (χ3n) is 1.17. The van der Waals surface area contributed by atoms with Gasteiger partial charge in [0.2, 0.25) is 0 Å². The van der Waals surface area contributed by atoms with E-state index < -0.39 is 0 Å². The highest BCUT2D eigenvalue weighted by atomic mass is 15.2. The van der Waals surface area contributed by atoms with Crippen LogP contribution < -0.4 is 4.57 Å². The summed E-state index contributed by atoms with van der Waals surface area (Å²) < 4.78 is 1.75. The zero-order valence-corrected chi connectivity index (χ0v) is 5.60. The minimum Gasteiger partial charge on any atom is -0.268 e. The molecule has 10 heavy (non-hydrogen) atoms. The van der Waals surface area contributed by atoms with Gasteiger partial charge in [0.25, 0.3) is 0 Å². The number of hydrogen-bond acceptors (Lipinski definition) is 1. The number of aryl methyl sites for hydroxylation is 1. The van der Waals surface area contributed by atoms with Crippen LogP contribution in [0.2, 0.25) is 0 Å². The molecule has 0 radical (unpaired) electrons. The van der Waals surface area contributed by atoms with Crippen molar-refractivity contribution >= 4 is 5.82 Å². The molecule has 0 fully saturated rings. The van der Waals surface area contributed by atoms with Gasteiger partial charge in [0.1, 0.15) is 0 Å². The summed E-state index contributed by atoms with van der Waals surface area (Å²) in [6.07, 6.45) is 1.82. The van der Waals surface area contributed by atoms with Crippen molar-refractivity contribution in [1.82, 2.24) is 0 Å². The van der Waals surface area contributed by atoms with Crippen molar-refractivity contribution in [1.29, 1.82) is 0 Å². The molecule has 0 spiro atoms. The Morgan fingerprint density at radius 2 is 2.40 bits per heavy atom. The quantitative estimate of drug-likeness (QED) is 0.242. The summed E-state index contributed by atoms with van der Waals surface area (Å²) >= 11 is 0. The molecule has 0 unspecified atom stereocenters. The van der Waals surface area contributed by atoms with Crippen LogP contribution in [-0.4, -0.2) is 0 Å². The first-order valence-electron chi connectivity index (χ1n) is 2.84. The van der Waals surface area contributed by atoms with E-state index in [9.17, 15) is 0 Å². The molecule has 0 saturated heterocycles. The van der Waals surface area contributed by atoms with E-state index in [2.05, 4.69) is 10.0 Å². The highest BCUT2D eigenvalue weighted by Gasteiger charge is 1.92. The Balaban J connectivity index is 3.14. The molecule has 4 nitrogen and oxygen atoms in total. The average Bonchev–Trinajstić information content (AvgIpc) is 1.94. The molecule has 1 heterocycles. The zero-order chi connectivity index (χ0) is 7.40. The number of azide groups is 1. The minimum atomic E-state index is 0.616. The van der Waals surface area contributed by atoms with E-state index in [-0.39, 0.29) is 0 Å². The van der Waals surface area contributed by atoms with Crippen molar-refractivity contribution in [2.45, 2.75) is 0 Å². The topological polar surface area (TPSA) is 52.6 Å². The molecule has 1 aromatic rings. The Kier molecular flexibility index (Phi) is 1.87. The Morgan fingerprint density at radius 1 is 1.60 bits per heavy atom. The average molecular weight is 135 g/mol. The molecule has 1 aromatic heterocycles. The molecule has 0 aliphatic rings. The summed E-state index contributed by atoms with van der Waals surface area (Å²) in [6.45, 7) is 0. The standard InChI is InChI=1S/C6H7N4/c1-10-5-3-2-4-6(10)8-9-7/h2-5H,1H3/q+1. The van der Waals surface area contributed by atoms with Crippen LogP contribution >= 0.6 is 0 Å². The van der Waals surface area contributed by atoms with E-state index in [0.29, 0.717) is 5.82 Å². The molecule has 0 aliphatic carbocycles. The first-order chi connectivity index (χ1) is 4.84. The maximum Gasteiger partial charge on any atom is 0.187 e. The van der Waals surface area contributed by atoms with E-state index >= 15 is 0 Å². The minimum absolute atomic E-state index is 0.616. The second-order valence-corrected chi connectivity index (χ2v) is 1.86. The Morgan fingerprint density at radius 3 is 3.00 bits per heavy atom. The van der Waals surface area contributed by atoms with Gasteiger partial charge < -0.3 is 0 Å². The highest BCUT2D eigenvalue weighted by Crippen LogP contribution is 2.00. The van der Waals surface area contributed by atoms with Crippen molar-refractivity contribution in [3.8, 4) is 0 Å². The van der Waals surface area contributed by atoms with Crippen molar-refractivity contribution in [2.75, 3.05) is 0 Å². The van der Waals surface area contributed by atoms with Crippen LogP contribution in [0.1, 0.15) is 0 Å². The molecule has 4 heteroatoms. The van der Waals surface area contributed by atoms with Crippen LogP contribution in [0.25, 0.3) is 10.4 Å². The fraction of sp³-hybridized carbons (Fsp3) is 0.167. The fourth-order valence-electron chi connectivity index (χ4n) is 0.664. The largest absolute Gasteiger partial charge is 0.268 e. The Labute approximate surface area is 58.4 Å². The van der Waals surface area contributed by atoms with E-state index in [1.54, 1.807) is 10.6 Å². The lowest BCUT2D eigenvalue weighted by atomic mass is 10.4. The summed E-state index contributed by atoms with van der Waals surface area (Å²) in [7, 11) is 1.82. The fourth-order valence-corrected chi connectivity index (χ4v) is 0.664. The van der Waals surface area contributed by atoms with Crippen LogP contribution in [0.5, 0.6) is 0 Å². The Hall–Kier alpha value is -1.54. The van der Waals surface area contributed by atoms with Gasteiger partial charge in [-0.25, -0.2) is 0 Å². The van der Waals surface area contributed by atoms with E-state index in [1.807, 2.05) is 25.4 Å². The summed E-state index contributed by atoms with van der Waals surface area (Å²) in [5, 5.41) is 3.45. The molecular formula is C6H7N4+. The van der Waals surface area contributed by atoms with Gasteiger partial charge in [0.05, 0.1) is 13.2 Å². The molecule has 0 saturated carbocycles. The maximum atomic E-state index is 8.09. The first-order valence-corrected chi connectivity index (χ1v) is 2.84. The second kappa shape index (κ2) is 2.85. The lowest BCUT2D eigenvalue weighted by molar-refractivity contribution is -0.658. The van der Waals surface area contributed by atoms with Gasteiger partial charge in [-0.3, -0.25) is 4.57 Å². The molecule has 0 atom stereocenters. The number of aromatic nitrogens is 1.